The van der Waals surface area contributed by atoms with Crippen LogP contribution < -0.4 is 5.32 Å². The standard InChI is InChI=1S/C21H49N3OSi2/c1-8-27(9-2,10-3)23(5)16-11-12-20-26(6,7)25-21(4)13-17-24-18-14-22-15-19-24/h21-22H,8-20H2,1-7H3. The molecule has 1 atom stereocenters. The van der Waals surface area contributed by atoms with Gasteiger partial charge in [0.2, 0.25) is 0 Å². The van der Waals surface area contributed by atoms with E-state index in [1.807, 2.05) is 0 Å². The fraction of sp³-hybridized carbons (Fsp3) is 1.00. The second kappa shape index (κ2) is 12.8. The molecule has 6 heteroatoms. The molecule has 0 saturated carbocycles. The monoisotopic (exact) mass is 415 g/mol. The van der Waals surface area contributed by atoms with Crippen LogP contribution >= 0.6 is 0 Å². The van der Waals surface area contributed by atoms with Crippen LogP contribution in [0.25, 0.3) is 0 Å². The van der Waals surface area contributed by atoms with Gasteiger partial charge < -0.3 is 19.2 Å². The normalized spacial score (nSPS) is 18.2. The third-order valence-corrected chi connectivity index (χ3v) is 15.3. The number of piperazine rings is 1. The van der Waals surface area contributed by atoms with E-state index in [0.717, 1.165) is 13.1 Å². The first kappa shape index (κ1) is 25.3. The lowest BCUT2D eigenvalue weighted by atomic mass is 10.2. The Balaban J connectivity index is 2.25. The van der Waals surface area contributed by atoms with Gasteiger partial charge in [-0.25, -0.2) is 0 Å². The van der Waals surface area contributed by atoms with E-state index in [9.17, 15) is 0 Å². The minimum Gasteiger partial charge on any atom is -0.415 e. The second-order valence-corrected chi connectivity index (χ2v) is 18.8. The average molecular weight is 416 g/mol. The van der Waals surface area contributed by atoms with Crippen LogP contribution in [0.3, 0.4) is 0 Å². The fourth-order valence-corrected chi connectivity index (χ4v) is 10.8. The molecule has 27 heavy (non-hydrogen) atoms. The van der Waals surface area contributed by atoms with Crippen molar-refractivity contribution in [1.29, 1.82) is 0 Å². The van der Waals surface area contributed by atoms with Crippen LogP contribution in [0.5, 0.6) is 0 Å². The predicted octanol–water partition coefficient (Wildman–Crippen LogP) is 4.61. The fourth-order valence-electron chi connectivity index (χ4n) is 4.66. The maximum absolute atomic E-state index is 6.56. The first-order chi connectivity index (χ1) is 12.8. The molecular formula is C21H49N3OSi2. The van der Waals surface area contributed by atoms with Crippen molar-refractivity contribution in [1.82, 2.24) is 14.8 Å². The lowest BCUT2D eigenvalue weighted by Gasteiger charge is -2.38. The van der Waals surface area contributed by atoms with E-state index in [4.69, 9.17) is 4.43 Å². The molecule has 1 heterocycles. The van der Waals surface area contributed by atoms with Crippen molar-refractivity contribution in [2.24, 2.45) is 0 Å². The Bertz CT molecular complexity index is 377. The van der Waals surface area contributed by atoms with Gasteiger partial charge in [-0.2, -0.15) is 0 Å². The lowest BCUT2D eigenvalue weighted by molar-refractivity contribution is 0.160. The van der Waals surface area contributed by atoms with Gasteiger partial charge in [-0.3, -0.25) is 0 Å². The lowest BCUT2D eigenvalue weighted by Crippen LogP contribution is -2.50. The predicted molar refractivity (Wildman–Crippen MR) is 126 cm³/mol. The van der Waals surface area contributed by atoms with Crippen molar-refractivity contribution >= 4 is 16.6 Å². The summed E-state index contributed by atoms with van der Waals surface area (Å²) < 4.78 is 9.32. The molecular weight excluding hydrogens is 366 g/mol. The zero-order valence-corrected chi connectivity index (χ0v) is 21.6. The van der Waals surface area contributed by atoms with Gasteiger partial charge in [-0.15, -0.1) is 0 Å². The van der Waals surface area contributed by atoms with Crippen molar-refractivity contribution < 1.29 is 4.43 Å². The molecule has 4 nitrogen and oxygen atoms in total. The first-order valence-electron chi connectivity index (χ1n) is 11.6. The van der Waals surface area contributed by atoms with Gasteiger partial charge in [0.05, 0.1) is 0 Å². The van der Waals surface area contributed by atoms with Gasteiger partial charge in [0, 0.05) is 38.8 Å². The number of hydrogen-bond acceptors (Lipinski definition) is 4. The summed E-state index contributed by atoms with van der Waals surface area (Å²) in [7, 11) is -0.311. The van der Waals surface area contributed by atoms with Crippen LogP contribution in [-0.4, -0.2) is 78.4 Å². The van der Waals surface area contributed by atoms with Crippen LogP contribution in [-0.2, 0) is 4.43 Å². The third kappa shape index (κ3) is 9.09. The summed E-state index contributed by atoms with van der Waals surface area (Å²) in [6.07, 6.45) is 4.25. The van der Waals surface area contributed by atoms with Gasteiger partial charge >= 0.3 is 0 Å². The molecule has 0 aromatic carbocycles. The Morgan fingerprint density at radius 3 is 2.19 bits per heavy atom. The van der Waals surface area contributed by atoms with E-state index < -0.39 is 16.6 Å². The highest BCUT2D eigenvalue weighted by atomic mass is 28.4. The van der Waals surface area contributed by atoms with Crippen LogP contribution in [0.1, 0.15) is 47.0 Å². The molecule has 1 unspecified atom stereocenters. The Kier molecular flexibility index (Phi) is 12.0. The van der Waals surface area contributed by atoms with Crippen LogP contribution in [0.2, 0.25) is 37.3 Å². The zero-order chi connectivity index (χ0) is 20.3. The molecule has 0 aromatic heterocycles. The summed E-state index contributed by atoms with van der Waals surface area (Å²) in [6, 6.07) is 5.48. The van der Waals surface area contributed by atoms with Crippen molar-refractivity contribution in [3.05, 3.63) is 0 Å². The zero-order valence-electron chi connectivity index (χ0n) is 19.6. The molecule has 1 rings (SSSR count). The Labute approximate surface area is 172 Å². The largest absolute Gasteiger partial charge is 0.415 e. The molecule has 1 aliphatic heterocycles. The summed E-state index contributed by atoms with van der Waals surface area (Å²) in [4.78, 5) is 2.58. The van der Waals surface area contributed by atoms with Gasteiger partial charge in [0.1, 0.15) is 8.24 Å². The number of hydrogen-bond donors (Lipinski definition) is 1. The molecule has 1 N–H and O–H groups in total. The maximum Gasteiger partial charge on any atom is 0.187 e. The highest BCUT2D eigenvalue weighted by Crippen LogP contribution is 2.25. The van der Waals surface area contributed by atoms with Gasteiger partial charge in [0.15, 0.2) is 8.32 Å². The van der Waals surface area contributed by atoms with E-state index in [2.05, 4.69) is 62.6 Å². The van der Waals surface area contributed by atoms with E-state index in [0.29, 0.717) is 6.10 Å². The molecule has 1 fully saturated rings. The first-order valence-corrected chi connectivity index (χ1v) is 17.3. The highest BCUT2D eigenvalue weighted by Gasteiger charge is 2.31. The highest BCUT2D eigenvalue weighted by molar-refractivity contribution is 6.76. The summed E-state index contributed by atoms with van der Waals surface area (Å²) in [5, 5.41) is 3.43. The summed E-state index contributed by atoms with van der Waals surface area (Å²) >= 11 is 0. The number of rotatable bonds is 14. The van der Waals surface area contributed by atoms with Crippen molar-refractivity contribution in [3.63, 3.8) is 0 Å². The quantitative estimate of drug-likeness (QED) is 0.331. The third-order valence-electron chi connectivity index (χ3n) is 6.89. The molecule has 0 aromatic rings. The average Bonchev–Trinajstić information content (AvgIpc) is 2.66. The number of unbranched alkanes of at least 4 members (excludes halogenated alkanes) is 1. The van der Waals surface area contributed by atoms with Crippen molar-refractivity contribution in [2.75, 3.05) is 46.3 Å². The minimum absolute atomic E-state index is 0.407. The molecule has 1 saturated heterocycles. The summed E-state index contributed by atoms with van der Waals surface area (Å²) in [6.45, 7) is 21.5. The van der Waals surface area contributed by atoms with E-state index in [-0.39, 0.29) is 0 Å². The SMILES string of the molecule is CC[Si](CC)(CC)N(C)CCCC[Si](C)(C)OC(C)CCN1CCNCC1. The van der Waals surface area contributed by atoms with Crippen LogP contribution in [0.15, 0.2) is 0 Å². The maximum atomic E-state index is 6.56. The summed E-state index contributed by atoms with van der Waals surface area (Å²) in [5.74, 6) is 0. The minimum atomic E-state index is -1.53. The number of nitrogens with one attached hydrogen (secondary N) is 1. The van der Waals surface area contributed by atoms with Crippen LogP contribution in [0, 0.1) is 0 Å². The smallest absolute Gasteiger partial charge is 0.187 e. The molecule has 1 aliphatic rings. The summed E-state index contributed by atoms with van der Waals surface area (Å²) in [5.41, 5.74) is 0. The topological polar surface area (TPSA) is 27.7 Å². The molecule has 0 bridgehead atoms. The molecule has 0 spiro atoms. The Morgan fingerprint density at radius 2 is 1.63 bits per heavy atom. The Morgan fingerprint density at radius 1 is 1.04 bits per heavy atom. The Hall–Kier alpha value is 0.274. The molecule has 162 valence electrons. The van der Waals surface area contributed by atoms with E-state index in [1.165, 1.54) is 69.6 Å². The number of nitrogens with zero attached hydrogens (tertiary/aromatic N) is 2. The van der Waals surface area contributed by atoms with Crippen molar-refractivity contribution in [3.8, 4) is 0 Å². The second-order valence-electron chi connectivity index (χ2n) is 9.23. The van der Waals surface area contributed by atoms with Gasteiger partial charge in [-0.1, -0.05) is 27.2 Å². The van der Waals surface area contributed by atoms with Gasteiger partial charge in [-0.05, 0) is 70.6 Å². The molecule has 0 radical (unpaired) electrons. The van der Waals surface area contributed by atoms with Gasteiger partial charge in [0.25, 0.3) is 0 Å². The van der Waals surface area contributed by atoms with E-state index >= 15 is 0 Å². The van der Waals surface area contributed by atoms with E-state index in [1.54, 1.807) is 0 Å². The van der Waals surface area contributed by atoms with Crippen LogP contribution in [0.4, 0.5) is 0 Å². The molecule has 0 aliphatic carbocycles. The van der Waals surface area contributed by atoms with Crippen molar-refractivity contribution in [2.45, 2.75) is 90.3 Å². The molecule has 0 amide bonds.